The van der Waals surface area contributed by atoms with Gasteiger partial charge in [0.1, 0.15) is 0 Å². The highest BCUT2D eigenvalue weighted by Gasteiger charge is 2.31. The minimum absolute atomic E-state index is 0.160. The third kappa shape index (κ3) is 4.52. The number of rotatable bonds is 6. The van der Waals surface area contributed by atoms with Crippen molar-refractivity contribution in [2.45, 2.75) is 32.5 Å². The van der Waals surface area contributed by atoms with Gasteiger partial charge in [-0.3, -0.25) is 4.79 Å². The summed E-state index contributed by atoms with van der Waals surface area (Å²) in [4.78, 5) is 10.7. The molecule has 0 fully saturated rings. The maximum atomic E-state index is 12.3. The van der Waals surface area contributed by atoms with Crippen LogP contribution in [0.15, 0.2) is 24.3 Å². The van der Waals surface area contributed by atoms with Crippen LogP contribution in [0.5, 0.6) is 0 Å². The maximum Gasteiger partial charge on any atom is 0.393 e. The van der Waals surface area contributed by atoms with Gasteiger partial charge in [0.05, 0.1) is 19.1 Å². The van der Waals surface area contributed by atoms with Crippen molar-refractivity contribution in [2.24, 2.45) is 5.41 Å². The Kier molecular flexibility index (Phi) is 5.16. The predicted octanol–water partition coefficient (Wildman–Crippen LogP) is 2.60. The first-order valence-electron chi connectivity index (χ1n) is 6.16. The van der Waals surface area contributed by atoms with Crippen molar-refractivity contribution >= 4 is 6.41 Å². The number of nitrogens with one attached hydrogen (secondary N) is 1. The predicted molar refractivity (Wildman–Crippen MR) is 69.0 cm³/mol. The quantitative estimate of drug-likeness (QED) is 0.791. The van der Waals surface area contributed by atoms with E-state index in [1.807, 2.05) is 0 Å². The van der Waals surface area contributed by atoms with Gasteiger partial charge >= 0.3 is 6.18 Å². The summed E-state index contributed by atoms with van der Waals surface area (Å²) in [6, 6.07) is 5.38. The largest absolute Gasteiger partial charge is 0.396 e. The zero-order chi connectivity index (χ0) is 15.4. The van der Waals surface area contributed by atoms with Crippen LogP contribution in [-0.4, -0.2) is 24.3 Å². The summed E-state index contributed by atoms with van der Waals surface area (Å²) in [7, 11) is 0. The summed E-state index contributed by atoms with van der Waals surface area (Å²) in [5.74, 6) is 0. The number of hydrogen-bond acceptors (Lipinski definition) is 2. The molecule has 1 rings (SSSR count). The number of alkyl halides is 3. The average Bonchev–Trinajstić information content (AvgIpc) is 2.35. The minimum Gasteiger partial charge on any atom is -0.396 e. The molecule has 112 valence electrons. The molecule has 0 bridgehead atoms. The van der Waals surface area contributed by atoms with E-state index in [0.717, 1.165) is 0 Å². The lowest BCUT2D eigenvalue weighted by Gasteiger charge is -2.32. The molecule has 0 heterocycles. The van der Waals surface area contributed by atoms with Crippen LogP contribution in [0.1, 0.15) is 31.0 Å². The van der Waals surface area contributed by atoms with Gasteiger partial charge in [-0.05, 0) is 11.1 Å². The lowest BCUT2D eigenvalue weighted by atomic mass is 9.81. The van der Waals surface area contributed by atoms with E-state index in [1.165, 1.54) is 12.1 Å². The van der Waals surface area contributed by atoms with E-state index < -0.39 is 24.1 Å². The summed E-state index contributed by atoms with van der Waals surface area (Å²) in [6.45, 7) is 3.36. The van der Waals surface area contributed by atoms with Crippen LogP contribution in [0.25, 0.3) is 0 Å². The fourth-order valence-corrected chi connectivity index (χ4v) is 1.99. The molecule has 1 atom stereocenters. The number of hydrogen-bond donors (Lipinski definition) is 2. The molecule has 0 aliphatic rings. The first kappa shape index (κ1) is 16.5. The molecule has 0 aliphatic carbocycles. The first-order valence-corrected chi connectivity index (χ1v) is 6.16. The summed E-state index contributed by atoms with van der Waals surface area (Å²) >= 11 is 0. The van der Waals surface area contributed by atoms with Crippen LogP contribution in [0.4, 0.5) is 13.2 Å². The Hall–Kier alpha value is -1.56. The van der Waals surface area contributed by atoms with Crippen molar-refractivity contribution < 1.29 is 23.1 Å². The van der Waals surface area contributed by atoms with Gasteiger partial charge in [0.25, 0.3) is 0 Å². The molecule has 1 unspecified atom stereocenters. The van der Waals surface area contributed by atoms with Crippen LogP contribution >= 0.6 is 0 Å². The summed E-state index contributed by atoms with van der Waals surface area (Å²) in [5.41, 5.74) is 0.196. The van der Waals surface area contributed by atoms with Crippen molar-refractivity contribution in [3.63, 3.8) is 0 Å². The number of benzene rings is 1. The SMILES string of the molecule is CC(C)(CO)C(NC=O)c1ccc(CC(F)(F)F)cc1. The smallest absolute Gasteiger partial charge is 0.393 e. The fraction of sp³-hybridized carbons (Fsp3) is 0.500. The standard InChI is InChI=1S/C14H18F3NO2/c1-13(2,8-19)12(18-9-20)11-5-3-10(4-6-11)7-14(15,16)17/h3-6,9,12,19H,7-8H2,1-2H3,(H,18,20). The highest BCUT2D eigenvalue weighted by atomic mass is 19.4. The summed E-state index contributed by atoms with van der Waals surface area (Å²) < 4.78 is 36.8. The molecule has 3 nitrogen and oxygen atoms in total. The molecule has 0 saturated heterocycles. The van der Waals surface area contributed by atoms with Gasteiger partial charge in [0.15, 0.2) is 0 Å². The van der Waals surface area contributed by atoms with Crippen LogP contribution in [0.3, 0.4) is 0 Å². The molecular formula is C14H18F3NO2. The lowest BCUT2D eigenvalue weighted by molar-refractivity contribution is -0.127. The normalized spacial score (nSPS) is 13.9. The second-order valence-corrected chi connectivity index (χ2v) is 5.40. The van der Waals surface area contributed by atoms with Crippen molar-refractivity contribution in [1.29, 1.82) is 0 Å². The molecule has 1 aromatic carbocycles. The van der Waals surface area contributed by atoms with Crippen LogP contribution < -0.4 is 5.32 Å². The number of aliphatic hydroxyl groups is 1. The molecule has 20 heavy (non-hydrogen) atoms. The van der Waals surface area contributed by atoms with Gasteiger partial charge in [-0.1, -0.05) is 38.1 Å². The fourth-order valence-electron chi connectivity index (χ4n) is 1.99. The minimum atomic E-state index is -4.24. The second-order valence-electron chi connectivity index (χ2n) is 5.40. The second kappa shape index (κ2) is 6.26. The van der Waals surface area contributed by atoms with Gasteiger partial charge in [-0.25, -0.2) is 0 Å². The Morgan fingerprint density at radius 2 is 1.80 bits per heavy atom. The average molecular weight is 289 g/mol. The van der Waals surface area contributed by atoms with E-state index >= 15 is 0 Å². The number of halogens is 3. The third-order valence-corrected chi connectivity index (χ3v) is 3.14. The number of aliphatic hydroxyl groups excluding tert-OH is 1. The molecule has 2 N–H and O–H groups in total. The maximum absolute atomic E-state index is 12.3. The first-order chi connectivity index (χ1) is 9.19. The van der Waals surface area contributed by atoms with E-state index in [0.29, 0.717) is 12.0 Å². The number of carbonyl (C=O) groups excluding carboxylic acids is 1. The number of amides is 1. The van der Waals surface area contributed by atoms with Crippen LogP contribution in [-0.2, 0) is 11.2 Å². The van der Waals surface area contributed by atoms with Gasteiger partial charge in [-0.15, -0.1) is 0 Å². The van der Waals surface area contributed by atoms with E-state index in [1.54, 1.807) is 26.0 Å². The summed E-state index contributed by atoms with van der Waals surface area (Å²) in [6.07, 6.45) is -4.71. The molecule has 0 aromatic heterocycles. The van der Waals surface area contributed by atoms with Crippen molar-refractivity contribution in [1.82, 2.24) is 5.32 Å². The Morgan fingerprint density at radius 1 is 1.25 bits per heavy atom. The Labute approximate surface area is 115 Å². The third-order valence-electron chi connectivity index (χ3n) is 3.14. The van der Waals surface area contributed by atoms with Crippen molar-refractivity contribution in [3.05, 3.63) is 35.4 Å². The zero-order valence-corrected chi connectivity index (χ0v) is 11.4. The zero-order valence-electron chi connectivity index (χ0n) is 11.4. The molecule has 1 amide bonds. The topological polar surface area (TPSA) is 49.3 Å². The van der Waals surface area contributed by atoms with E-state index in [2.05, 4.69) is 5.32 Å². The lowest BCUT2D eigenvalue weighted by Crippen LogP contribution is -2.36. The summed E-state index contributed by atoms with van der Waals surface area (Å²) in [5, 5.41) is 12.0. The molecule has 0 radical (unpaired) electrons. The molecular weight excluding hydrogens is 271 g/mol. The number of carbonyl (C=O) groups is 1. The van der Waals surface area contributed by atoms with Gasteiger partial charge < -0.3 is 10.4 Å². The van der Waals surface area contributed by atoms with Crippen molar-refractivity contribution in [3.8, 4) is 0 Å². The van der Waals surface area contributed by atoms with Crippen LogP contribution in [0.2, 0.25) is 0 Å². The van der Waals surface area contributed by atoms with Crippen LogP contribution in [0, 0.1) is 5.41 Å². The Bertz CT molecular complexity index is 441. The van der Waals surface area contributed by atoms with E-state index in [-0.39, 0.29) is 12.2 Å². The molecule has 0 aliphatic heterocycles. The van der Waals surface area contributed by atoms with E-state index in [4.69, 9.17) is 0 Å². The molecule has 6 heteroatoms. The highest BCUT2D eigenvalue weighted by molar-refractivity contribution is 5.48. The monoisotopic (exact) mass is 289 g/mol. The van der Waals surface area contributed by atoms with Gasteiger partial charge in [0, 0.05) is 5.41 Å². The van der Waals surface area contributed by atoms with Gasteiger partial charge in [-0.2, -0.15) is 13.2 Å². The van der Waals surface area contributed by atoms with Gasteiger partial charge in [0.2, 0.25) is 6.41 Å². The van der Waals surface area contributed by atoms with Crippen molar-refractivity contribution in [2.75, 3.05) is 6.61 Å². The molecule has 1 aromatic rings. The molecule has 0 saturated carbocycles. The Balaban J connectivity index is 2.97. The molecule has 0 spiro atoms. The highest BCUT2D eigenvalue weighted by Crippen LogP contribution is 2.33. The van der Waals surface area contributed by atoms with E-state index in [9.17, 15) is 23.1 Å². The Morgan fingerprint density at radius 3 is 2.20 bits per heavy atom.